The van der Waals surface area contributed by atoms with Crippen molar-refractivity contribution >= 4 is 5.97 Å². The second-order valence-corrected chi connectivity index (χ2v) is 5.89. The fraction of sp³-hybridized carbons (Fsp3) is 0.211. The first-order chi connectivity index (χ1) is 11.5. The van der Waals surface area contributed by atoms with E-state index in [4.69, 9.17) is 0 Å². The largest absolute Gasteiger partial charge is 0.481 e. The third-order valence-corrected chi connectivity index (χ3v) is 3.96. The first kappa shape index (κ1) is 15.9. The first-order valence-electron chi connectivity index (χ1n) is 7.81. The van der Waals surface area contributed by atoms with Crippen molar-refractivity contribution in [2.24, 2.45) is 0 Å². The van der Waals surface area contributed by atoms with Crippen LogP contribution in [0.1, 0.15) is 28.4 Å². The Labute approximate surface area is 140 Å². The summed E-state index contributed by atoms with van der Waals surface area (Å²) in [4.78, 5) is 16.0. The summed E-state index contributed by atoms with van der Waals surface area (Å²) < 4.78 is 1.74. The predicted octanol–water partition coefficient (Wildman–Crippen LogP) is 3.30. The molecule has 1 atom stereocenters. The number of hydrogen-bond donors (Lipinski definition) is 1. The first-order valence-corrected chi connectivity index (χ1v) is 7.81. The van der Waals surface area contributed by atoms with Gasteiger partial charge in [0, 0.05) is 18.3 Å². The number of benzene rings is 1. The number of aryl methyl sites for hydroxylation is 2. The summed E-state index contributed by atoms with van der Waals surface area (Å²) in [5, 5.41) is 14.2. The van der Waals surface area contributed by atoms with Crippen molar-refractivity contribution in [2.45, 2.75) is 26.2 Å². The Hall–Kier alpha value is -2.95. The van der Waals surface area contributed by atoms with Gasteiger partial charge >= 0.3 is 5.97 Å². The van der Waals surface area contributed by atoms with Gasteiger partial charge in [-0.3, -0.25) is 4.79 Å². The minimum absolute atomic E-state index is 0.347. The Morgan fingerprint density at radius 3 is 2.67 bits per heavy atom. The maximum absolute atomic E-state index is 11.7. The highest BCUT2D eigenvalue weighted by molar-refractivity contribution is 5.76. The van der Waals surface area contributed by atoms with E-state index in [0.29, 0.717) is 6.42 Å². The summed E-state index contributed by atoms with van der Waals surface area (Å²) in [6.45, 7) is 3.90. The quantitative estimate of drug-likeness (QED) is 0.783. The number of nitrogens with zero attached hydrogens (tertiary/aromatic N) is 3. The van der Waals surface area contributed by atoms with Crippen molar-refractivity contribution in [1.82, 2.24) is 14.8 Å². The molecule has 0 aliphatic heterocycles. The van der Waals surface area contributed by atoms with Crippen LogP contribution in [-0.4, -0.2) is 25.8 Å². The van der Waals surface area contributed by atoms with E-state index >= 15 is 0 Å². The number of carboxylic acids is 1. The van der Waals surface area contributed by atoms with Crippen LogP contribution in [0.15, 0.2) is 54.7 Å². The van der Waals surface area contributed by atoms with Gasteiger partial charge in [-0.15, -0.1) is 0 Å². The summed E-state index contributed by atoms with van der Waals surface area (Å²) in [5.41, 5.74) is 3.52. The highest BCUT2D eigenvalue weighted by atomic mass is 16.4. The van der Waals surface area contributed by atoms with Crippen LogP contribution in [0.3, 0.4) is 0 Å². The molecule has 5 nitrogen and oxygen atoms in total. The second-order valence-electron chi connectivity index (χ2n) is 5.89. The minimum Gasteiger partial charge on any atom is -0.481 e. The molecule has 0 saturated heterocycles. The molecule has 3 aromatic rings. The maximum atomic E-state index is 11.7. The van der Waals surface area contributed by atoms with Gasteiger partial charge in [0.05, 0.1) is 11.6 Å². The maximum Gasteiger partial charge on any atom is 0.311 e. The molecule has 0 aliphatic carbocycles. The standard InChI is InChI=1S/C19H19N3O2/c1-13-6-5-7-15(10-13)17(19(23)24)12-16-11-14(2)22(21-16)18-8-3-4-9-20-18/h3-11,17H,12H2,1-2H3,(H,23,24). The van der Waals surface area contributed by atoms with Gasteiger partial charge < -0.3 is 5.11 Å². The lowest BCUT2D eigenvalue weighted by atomic mass is 9.93. The predicted molar refractivity (Wildman–Crippen MR) is 91.4 cm³/mol. The Bertz CT molecular complexity index is 856. The minimum atomic E-state index is -0.842. The van der Waals surface area contributed by atoms with Crippen LogP contribution in [0.4, 0.5) is 0 Å². The number of aromatic nitrogens is 3. The highest BCUT2D eigenvalue weighted by Gasteiger charge is 2.22. The van der Waals surface area contributed by atoms with Gasteiger partial charge in [-0.05, 0) is 37.6 Å². The van der Waals surface area contributed by atoms with E-state index in [2.05, 4.69) is 10.1 Å². The average Bonchev–Trinajstić information content (AvgIpc) is 2.94. The van der Waals surface area contributed by atoms with Crippen LogP contribution in [0, 0.1) is 13.8 Å². The van der Waals surface area contributed by atoms with Gasteiger partial charge in [0.2, 0.25) is 0 Å². The van der Waals surface area contributed by atoms with Gasteiger partial charge in [-0.1, -0.05) is 35.9 Å². The molecule has 0 spiro atoms. The van der Waals surface area contributed by atoms with Crippen molar-refractivity contribution in [3.05, 3.63) is 77.2 Å². The molecule has 0 radical (unpaired) electrons. The Morgan fingerprint density at radius 1 is 1.17 bits per heavy atom. The van der Waals surface area contributed by atoms with E-state index in [0.717, 1.165) is 28.3 Å². The number of carboxylic acid groups (broad SMARTS) is 1. The molecule has 3 rings (SSSR count). The molecule has 1 aromatic carbocycles. The average molecular weight is 321 g/mol. The van der Waals surface area contributed by atoms with Crippen LogP contribution < -0.4 is 0 Å². The van der Waals surface area contributed by atoms with Crippen molar-refractivity contribution in [2.75, 3.05) is 0 Å². The van der Waals surface area contributed by atoms with E-state index < -0.39 is 11.9 Å². The van der Waals surface area contributed by atoms with Crippen molar-refractivity contribution in [1.29, 1.82) is 0 Å². The summed E-state index contributed by atoms with van der Waals surface area (Å²) in [6, 6.07) is 15.2. The fourth-order valence-corrected chi connectivity index (χ4v) is 2.79. The Morgan fingerprint density at radius 2 is 2.00 bits per heavy atom. The SMILES string of the molecule is Cc1cccc(C(Cc2cc(C)n(-c3ccccn3)n2)C(=O)O)c1. The van der Waals surface area contributed by atoms with E-state index in [1.165, 1.54) is 0 Å². The van der Waals surface area contributed by atoms with E-state index in [9.17, 15) is 9.90 Å². The molecule has 5 heteroatoms. The van der Waals surface area contributed by atoms with E-state index in [1.807, 2.05) is 62.4 Å². The molecule has 0 amide bonds. The number of aliphatic carboxylic acids is 1. The van der Waals surface area contributed by atoms with Crippen LogP contribution >= 0.6 is 0 Å². The molecule has 0 bridgehead atoms. The Kier molecular flexibility index (Phi) is 4.42. The summed E-state index contributed by atoms with van der Waals surface area (Å²) in [6.07, 6.45) is 2.06. The highest BCUT2D eigenvalue weighted by Crippen LogP contribution is 2.23. The zero-order valence-corrected chi connectivity index (χ0v) is 13.7. The zero-order valence-electron chi connectivity index (χ0n) is 13.7. The monoisotopic (exact) mass is 321 g/mol. The molecule has 1 unspecified atom stereocenters. The summed E-state index contributed by atoms with van der Waals surface area (Å²) >= 11 is 0. The third-order valence-electron chi connectivity index (χ3n) is 3.96. The normalized spacial score (nSPS) is 12.1. The molecule has 0 saturated carbocycles. The third kappa shape index (κ3) is 3.35. The van der Waals surface area contributed by atoms with Gasteiger partial charge in [0.15, 0.2) is 5.82 Å². The smallest absolute Gasteiger partial charge is 0.311 e. The van der Waals surface area contributed by atoms with Gasteiger partial charge in [-0.25, -0.2) is 9.67 Å². The fourth-order valence-electron chi connectivity index (χ4n) is 2.79. The molecule has 1 N–H and O–H groups in total. The second kappa shape index (κ2) is 6.66. The molecule has 24 heavy (non-hydrogen) atoms. The van der Waals surface area contributed by atoms with Crippen LogP contribution in [-0.2, 0) is 11.2 Å². The zero-order chi connectivity index (χ0) is 17.1. The van der Waals surface area contributed by atoms with Gasteiger partial charge in [0.25, 0.3) is 0 Å². The molecule has 0 fully saturated rings. The van der Waals surface area contributed by atoms with Crippen molar-refractivity contribution in [3.63, 3.8) is 0 Å². The molecule has 2 aromatic heterocycles. The van der Waals surface area contributed by atoms with Crippen LogP contribution in [0.25, 0.3) is 5.82 Å². The molecule has 2 heterocycles. The molecular formula is C19H19N3O2. The lowest BCUT2D eigenvalue weighted by molar-refractivity contribution is -0.138. The summed E-state index contributed by atoms with van der Waals surface area (Å²) in [7, 11) is 0. The molecule has 122 valence electrons. The van der Waals surface area contributed by atoms with Crippen LogP contribution in [0.5, 0.6) is 0 Å². The number of pyridine rings is 1. The number of rotatable bonds is 5. The van der Waals surface area contributed by atoms with E-state index in [1.54, 1.807) is 10.9 Å². The number of carbonyl (C=O) groups is 1. The van der Waals surface area contributed by atoms with Crippen molar-refractivity contribution in [3.8, 4) is 5.82 Å². The topological polar surface area (TPSA) is 68.0 Å². The molecular weight excluding hydrogens is 302 g/mol. The lowest BCUT2D eigenvalue weighted by Gasteiger charge is -2.12. The van der Waals surface area contributed by atoms with Gasteiger partial charge in [-0.2, -0.15) is 5.10 Å². The molecule has 0 aliphatic rings. The van der Waals surface area contributed by atoms with E-state index in [-0.39, 0.29) is 0 Å². The van der Waals surface area contributed by atoms with Gasteiger partial charge in [0.1, 0.15) is 0 Å². The van der Waals surface area contributed by atoms with Crippen LogP contribution in [0.2, 0.25) is 0 Å². The number of hydrogen-bond acceptors (Lipinski definition) is 3. The summed E-state index contributed by atoms with van der Waals surface area (Å²) in [5.74, 6) is -0.731. The van der Waals surface area contributed by atoms with Crippen molar-refractivity contribution < 1.29 is 9.90 Å². The Balaban J connectivity index is 1.90. The lowest BCUT2D eigenvalue weighted by Crippen LogP contribution is -2.15.